The van der Waals surface area contributed by atoms with Crippen LogP contribution in [0, 0.1) is 5.92 Å². The van der Waals surface area contributed by atoms with Crippen LogP contribution in [0.4, 0.5) is 0 Å². The molecule has 3 aliphatic rings. The highest BCUT2D eigenvalue weighted by Gasteiger charge is 2.49. The Morgan fingerprint density at radius 1 is 1.23 bits per heavy atom. The van der Waals surface area contributed by atoms with E-state index in [0.29, 0.717) is 18.1 Å². The minimum atomic E-state index is -0.364. The molecule has 1 aromatic rings. The molecule has 1 amide bonds. The van der Waals surface area contributed by atoms with Crippen molar-refractivity contribution in [1.82, 2.24) is 10.6 Å². The average molecular weight is 300 g/mol. The fourth-order valence-corrected chi connectivity index (χ4v) is 4.33. The van der Waals surface area contributed by atoms with Gasteiger partial charge in [0.2, 0.25) is 5.91 Å². The van der Waals surface area contributed by atoms with Gasteiger partial charge >= 0.3 is 0 Å². The van der Waals surface area contributed by atoms with E-state index in [1.165, 1.54) is 0 Å². The highest BCUT2D eigenvalue weighted by atomic mass is 16.5. The first-order chi connectivity index (χ1) is 10.8. The summed E-state index contributed by atoms with van der Waals surface area (Å²) in [6.45, 7) is 2.67. The number of piperidine rings is 1. The second kappa shape index (κ2) is 5.67. The number of hydrogen-bond donors (Lipinski definition) is 2. The number of amides is 1. The summed E-state index contributed by atoms with van der Waals surface area (Å²) in [5.74, 6) is 0.758. The van der Waals surface area contributed by atoms with Gasteiger partial charge in [-0.15, -0.1) is 0 Å². The maximum atomic E-state index is 13.1. The van der Waals surface area contributed by atoms with E-state index in [0.717, 1.165) is 50.9 Å². The normalized spacial score (nSPS) is 32.8. The number of benzene rings is 1. The number of nitrogens with one attached hydrogen (secondary N) is 2. The predicted molar refractivity (Wildman–Crippen MR) is 84.6 cm³/mol. The summed E-state index contributed by atoms with van der Waals surface area (Å²) in [7, 11) is 0. The van der Waals surface area contributed by atoms with Crippen molar-refractivity contribution in [3.05, 3.63) is 35.9 Å². The van der Waals surface area contributed by atoms with Crippen molar-refractivity contribution in [1.29, 1.82) is 0 Å². The van der Waals surface area contributed by atoms with E-state index in [1.807, 2.05) is 18.2 Å². The Morgan fingerprint density at radius 3 is 2.73 bits per heavy atom. The van der Waals surface area contributed by atoms with Gasteiger partial charge in [-0.05, 0) is 44.3 Å². The van der Waals surface area contributed by atoms with Crippen molar-refractivity contribution in [2.75, 3.05) is 19.7 Å². The van der Waals surface area contributed by atoms with E-state index in [1.54, 1.807) is 0 Å². The molecule has 1 saturated carbocycles. The van der Waals surface area contributed by atoms with Crippen LogP contribution in [0.15, 0.2) is 30.3 Å². The van der Waals surface area contributed by atoms with Gasteiger partial charge < -0.3 is 15.4 Å². The van der Waals surface area contributed by atoms with Gasteiger partial charge in [0.1, 0.15) is 0 Å². The van der Waals surface area contributed by atoms with Crippen LogP contribution in [0.3, 0.4) is 0 Å². The lowest BCUT2D eigenvalue weighted by atomic mass is 9.70. The van der Waals surface area contributed by atoms with Gasteiger partial charge in [-0.2, -0.15) is 0 Å². The third kappa shape index (κ3) is 2.25. The Morgan fingerprint density at radius 2 is 2.00 bits per heavy atom. The molecule has 2 N–H and O–H groups in total. The van der Waals surface area contributed by atoms with Gasteiger partial charge in [-0.25, -0.2) is 0 Å². The summed E-state index contributed by atoms with van der Waals surface area (Å²) in [6.07, 6.45) is 4.22. The molecular formula is C18H24N2O2. The summed E-state index contributed by atoms with van der Waals surface area (Å²) in [4.78, 5) is 13.1. The van der Waals surface area contributed by atoms with Crippen LogP contribution in [-0.4, -0.2) is 37.7 Å². The van der Waals surface area contributed by atoms with Crippen LogP contribution in [0.1, 0.15) is 31.2 Å². The Kier molecular flexibility index (Phi) is 3.66. The van der Waals surface area contributed by atoms with Crippen LogP contribution >= 0.6 is 0 Å². The molecular weight excluding hydrogens is 276 g/mol. The summed E-state index contributed by atoms with van der Waals surface area (Å²) in [5.41, 5.74) is 0.796. The molecule has 2 saturated heterocycles. The quantitative estimate of drug-likeness (QED) is 0.891. The van der Waals surface area contributed by atoms with Gasteiger partial charge in [-0.3, -0.25) is 4.79 Å². The molecule has 3 fully saturated rings. The third-order valence-electron chi connectivity index (χ3n) is 5.80. The van der Waals surface area contributed by atoms with E-state index in [9.17, 15) is 4.79 Å². The largest absolute Gasteiger partial charge is 0.378 e. The van der Waals surface area contributed by atoms with E-state index < -0.39 is 0 Å². The van der Waals surface area contributed by atoms with Gasteiger partial charge in [0.25, 0.3) is 0 Å². The fourth-order valence-electron chi connectivity index (χ4n) is 4.33. The highest BCUT2D eigenvalue weighted by molar-refractivity contribution is 5.88. The van der Waals surface area contributed by atoms with Gasteiger partial charge in [0, 0.05) is 18.6 Å². The SMILES string of the molecule is O=C(N[C@@H]1C[C@H]2OCC[C@@H]12)C1(c2ccccc2)CCNCC1. The summed E-state index contributed by atoms with van der Waals surface area (Å²) >= 11 is 0. The second-order valence-corrected chi connectivity index (χ2v) is 6.88. The molecule has 3 atom stereocenters. The molecule has 2 aliphatic heterocycles. The van der Waals surface area contributed by atoms with Crippen LogP contribution in [-0.2, 0) is 14.9 Å². The average Bonchev–Trinajstić information content (AvgIpc) is 2.95. The molecule has 0 bridgehead atoms. The maximum Gasteiger partial charge on any atom is 0.230 e. The van der Waals surface area contributed by atoms with Gasteiger partial charge in [-0.1, -0.05) is 30.3 Å². The Hall–Kier alpha value is -1.39. The topological polar surface area (TPSA) is 50.4 Å². The van der Waals surface area contributed by atoms with Crippen LogP contribution in [0.5, 0.6) is 0 Å². The monoisotopic (exact) mass is 300 g/mol. The number of hydrogen-bond acceptors (Lipinski definition) is 3. The molecule has 1 aromatic carbocycles. The first-order valence-electron chi connectivity index (χ1n) is 8.48. The molecule has 118 valence electrons. The summed E-state index contributed by atoms with van der Waals surface area (Å²) in [6, 6.07) is 10.6. The van der Waals surface area contributed by atoms with E-state index in [-0.39, 0.29) is 11.3 Å². The van der Waals surface area contributed by atoms with Crippen LogP contribution < -0.4 is 10.6 Å². The zero-order valence-corrected chi connectivity index (χ0v) is 12.9. The smallest absolute Gasteiger partial charge is 0.230 e. The molecule has 22 heavy (non-hydrogen) atoms. The van der Waals surface area contributed by atoms with Gasteiger partial charge in [0.05, 0.1) is 11.5 Å². The minimum Gasteiger partial charge on any atom is -0.378 e. The summed E-state index contributed by atoms with van der Waals surface area (Å²) in [5, 5.41) is 6.73. The Bertz CT molecular complexity index is 539. The van der Waals surface area contributed by atoms with Crippen molar-refractivity contribution < 1.29 is 9.53 Å². The van der Waals surface area contributed by atoms with Crippen LogP contribution in [0.2, 0.25) is 0 Å². The van der Waals surface area contributed by atoms with Crippen molar-refractivity contribution in [3.8, 4) is 0 Å². The first-order valence-corrected chi connectivity index (χ1v) is 8.48. The van der Waals surface area contributed by atoms with E-state index in [4.69, 9.17) is 4.74 Å². The molecule has 1 aliphatic carbocycles. The fraction of sp³-hybridized carbons (Fsp3) is 0.611. The van der Waals surface area contributed by atoms with Crippen molar-refractivity contribution in [3.63, 3.8) is 0 Å². The van der Waals surface area contributed by atoms with Gasteiger partial charge in [0.15, 0.2) is 0 Å². The minimum absolute atomic E-state index is 0.218. The zero-order chi connectivity index (χ0) is 15.0. The maximum absolute atomic E-state index is 13.1. The number of carbonyl (C=O) groups excluding carboxylic acids is 1. The number of carbonyl (C=O) groups is 1. The molecule has 2 heterocycles. The van der Waals surface area contributed by atoms with E-state index in [2.05, 4.69) is 22.8 Å². The number of fused-ring (bicyclic) bond motifs is 1. The van der Waals surface area contributed by atoms with Crippen LogP contribution in [0.25, 0.3) is 0 Å². The number of rotatable bonds is 3. The Labute approximate surface area is 131 Å². The zero-order valence-electron chi connectivity index (χ0n) is 12.9. The highest BCUT2D eigenvalue weighted by Crippen LogP contribution is 2.40. The lowest BCUT2D eigenvalue weighted by Gasteiger charge is -2.43. The van der Waals surface area contributed by atoms with Crippen molar-refractivity contribution in [2.45, 2.75) is 43.2 Å². The standard InChI is InChI=1S/C18H24N2O2/c21-17(20-15-12-16-14(15)6-11-22-16)18(7-9-19-10-8-18)13-4-2-1-3-5-13/h1-5,14-16,19H,6-12H2,(H,20,21)/t14-,15+,16+/m0/s1. The lowest BCUT2D eigenvalue weighted by molar-refractivity contribution is -0.131. The predicted octanol–water partition coefficient (Wildman–Crippen LogP) is 1.60. The first kappa shape index (κ1) is 14.2. The molecule has 4 rings (SSSR count). The lowest BCUT2D eigenvalue weighted by Crippen LogP contribution is -2.59. The molecule has 0 aromatic heterocycles. The Balaban J connectivity index is 1.54. The van der Waals surface area contributed by atoms with E-state index >= 15 is 0 Å². The molecule has 4 nitrogen and oxygen atoms in total. The molecule has 0 radical (unpaired) electrons. The third-order valence-corrected chi connectivity index (χ3v) is 5.80. The molecule has 0 unspecified atom stereocenters. The van der Waals surface area contributed by atoms with Crippen molar-refractivity contribution in [2.24, 2.45) is 5.92 Å². The second-order valence-electron chi connectivity index (χ2n) is 6.88. The van der Waals surface area contributed by atoms with Crippen molar-refractivity contribution >= 4 is 5.91 Å². The summed E-state index contributed by atoms with van der Waals surface area (Å²) < 4.78 is 5.66. The molecule has 0 spiro atoms. The number of ether oxygens (including phenoxy) is 1. The molecule has 4 heteroatoms.